The summed E-state index contributed by atoms with van der Waals surface area (Å²) < 4.78 is 9.81. The Morgan fingerprint density at radius 3 is 2.57 bits per heavy atom. The first-order chi connectivity index (χ1) is 10.3. The summed E-state index contributed by atoms with van der Waals surface area (Å²) in [6.45, 7) is 0.275. The predicted molar refractivity (Wildman–Crippen MR) is 75.4 cm³/mol. The van der Waals surface area contributed by atoms with Crippen molar-refractivity contribution in [2.24, 2.45) is 0 Å². The van der Waals surface area contributed by atoms with Crippen molar-refractivity contribution in [3.8, 4) is 0 Å². The number of carbonyl (C=O) groups excluding carboxylic acids is 2. The molecule has 0 radical (unpaired) electrons. The fraction of sp³-hybridized carbons (Fsp3) is 0.200. The molecule has 0 spiro atoms. The van der Waals surface area contributed by atoms with Crippen molar-refractivity contribution < 1.29 is 18.7 Å². The Morgan fingerprint density at radius 2 is 1.86 bits per heavy atom. The van der Waals surface area contributed by atoms with E-state index in [2.05, 4.69) is 10.9 Å². The van der Waals surface area contributed by atoms with Crippen molar-refractivity contribution in [3.63, 3.8) is 0 Å². The first-order valence-corrected chi connectivity index (χ1v) is 6.56. The summed E-state index contributed by atoms with van der Waals surface area (Å²) in [5.41, 5.74) is 5.52. The summed E-state index contributed by atoms with van der Waals surface area (Å²) in [6.07, 6.45) is 2.20. The van der Waals surface area contributed by atoms with Gasteiger partial charge in [-0.25, -0.2) is 10.2 Å². The Labute approximate surface area is 122 Å². The van der Waals surface area contributed by atoms with Gasteiger partial charge in [-0.2, -0.15) is 0 Å². The van der Waals surface area contributed by atoms with E-state index in [9.17, 15) is 9.59 Å². The van der Waals surface area contributed by atoms with Crippen LogP contribution in [-0.4, -0.2) is 18.6 Å². The number of hydrazine groups is 1. The number of aryl methyl sites for hydroxylation is 1. The molecule has 2 aromatic rings. The molecule has 0 saturated carbocycles. The highest BCUT2D eigenvalue weighted by Crippen LogP contribution is 2.02. The van der Waals surface area contributed by atoms with Crippen LogP contribution < -0.4 is 10.9 Å². The predicted octanol–water partition coefficient (Wildman–Crippen LogP) is 2.28. The van der Waals surface area contributed by atoms with E-state index >= 15 is 0 Å². The van der Waals surface area contributed by atoms with Crippen molar-refractivity contribution in [1.29, 1.82) is 0 Å². The molecule has 6 nitrogen and oxygen atoms in total. The third-order valence-corrected chi connectivity index (χ3v) is 2.71. The third kappa shape index (κ3) is 5.02. The van der Waals surface area contributed by atoms with Gasteiger partial charge >= 0.3 is 12.0 Å². The summed E-state index contributed by atoms with van der Waals surface area (Å²) in [7, 11) is 0. The number of carbonyl (C=O) groups is 2. The van der Waals surface area contributed by atoms with Gasteiger partial charge in [0.2, 0.25) is 0 Å². The molecule has 0 saturated heterocycles. The molecule has 0 atom stereocenters. The SMILES string of the molecule is O=C(NNC(=O)c1ccco1)OCCCc1ccccc1. The molecule has 0 bridgehead atoms. The van der Waals surface area contributed by atoms with Gasteiger partial charge in [-0.3, -0.25) is 10.2 Å². The molecule has 21 heavy (non-hydrogen) atoms. The lowest BCUT2D eigenvalue weighted by molar-refractivity contribution is 0.0882. The van der Waals surface area contributed by atoms with Crippen LogP contribution in [0.2, 0.25) is 0 Å². The molecule has 0 aliphatic carbocycles. The highest BCUT2D eigenvalue weighted by Gasteiger charge is 2.09. The number of furan rings is 1. The quantitative estimate of drug-likeness (QED) is 0.653. The van der Waals surface area contributed by atoms with E-state index in [1.807, 2.05) is 30.3 Å². The smallest absolute Gasteiger partial charge is 0.426 e. The monoisotopic (exact) mass is 288 g/mol. The lowest BCUT2D eigenvalue weighted by Crippen LogP contribution is -2.41. The molecule has 0 aliphatic heterocycles. The van der Waals surface area contributed by atoms with Crippen LogP contribution in [-0.2, 0) is 11.2 Å². The van der Waals surface area contributed by atoms with E-state index in [-0.39, 0.29) is 12.4 Å². The van der Waals surface area contributed by atoms with E-state index in [4.69, 9.17) is 9.15 Å². The molecule has 1 aromatic heterocycles. The molecule has 2 N–H and O–H groups in total. The zero-order chi connectivity index (χ0) is 14.9. The Balaban J connectivity index is 1.59. The van der Waals surface area contributed by atoms with Crippen molar-refractivity contribution in [3.05, 3.63) is 60.1 Å². The second kappa shape index (κ2) is 7.74. The summed E-state index contributed by atoms with van der Waals surface area (Å²) in [6, 6.07) is 13.0. The van der Waals surface area contributed by atoms with E-state index < -0.39 is 12.0 Å². The van der Waals surface area contributed by atoms with Gasteiger partial charge in [-0.05, 0) is 30.5 Å². The number of benzene rings is 1. The topological polar surface area (TPSA) is 80.6 Å². The Hall–Kier alpha value is -2.76. The lowest BCUT2D eigenvalue weighted by Gasteiger charge is -2.07. The second-order valence-corrected chi connectivity index (χ2v) is 4.28. The molecule has 2 amide bonds. The van der Waals surface area contributed by atoms with Crippen LogP contribution >= 0.6 is 0 Å². The van der Waals surface area contributed by atoms with Crippen LogP contribution in [0.1, 0.15) is 22.5 Å². The molecule has 1 heterocycles. The first-order valence-electron chi connectivity index (χ1n) is 6.56. The molecule has 2 rings (SSSR count). The number of ether oxygens (including phenoxy) is 1. The molecular weight excluding hydrogens is 272 g/mol. The molecule has 1 aromatic carbocycles. The summed E-state index contributed by atoms with van der Waals surface area (Å²) >= 11 is 0. The molecular formula is C15H16N2O4. The molecule has 110 valence electrons. The normalized spacial score (nSPS) is 9.90. The van der Waals surface area contributed by atoms with Crippen LogP contribution in [0.4, 0.5) is 4.79 Å². The molecule has 0 aliphatic rings. The minimum Gasteiger partial charge on any atom is -0.459 e. The number of hydrogen-bond acceptors (Lipinski definition) is 4. The average molecular weight is 288 g/mol. The standard InChI is InChI=1S/C15H16N2O4/c18-14(13-9-5-10-20-13)16-17-15(19)21-11-4-8-12-6-2-1-3-7-12/h1-3,5-7,9-10H,4,8,11H2,(H,16,18)(H,17,19). The number of rotatable bonds is 5. The van der Waals surface area contributed by atoms with Gasteiger partial charge < -0.3 is 9.15 Å². The molecule has 0 fully saturated rings. The van der Waals surface area contributed by atoms with Crippen LogP contribution in [0, 0.1) is 0 Å². The van der Waals surface area contributed by atoms with Crippen molar-refractivity contribution in [2.45, 2.75) is 12.8 Å². The summed E-state index contributed by atoms with van der Waals surface area (Å²) in [5.74, 6) is -0.430. The van der Waals surface area contributed by atoms with Crippen LogP contribution in [0.3, 0.4) is 0 Å². The van der Waals surface area contributed by atoms with Crippen molar-refractivity contribution in [2.75, 3.05) is 6.61 Å². The zero-order valence-electron chi connectivity index (χ0n) is 11.4. The van der Waals surface area contributed by atoms with Crippen LogP contribution in [0.15, 0.2) is 53.1 Å². The van der Waals surface area contributed by atoms with E-state index in [0.717, 1.165) is 6.42 Å². The highest BCUT2D eigenvalue weighted by molar-refractivity contribution is 5.92. The minimum atomic E-state index is -0.706. The largest absolute Gasteiger partial charge is 0.459 e. The van der Waals surface area contributed by atoms with E-state index in [1.165, 1.54) is 17.9 Å². The fourth-order valence-corrected chi connectivity index (χ4v) is 1.70. The van der Waals surface area contributed by atoms with Crippen LogP contribution in [0.25, 0.3) is 0 Å². The van der Waals surface area contributed by atoms with Gasteiger partial charge in [0.05, 0.1) is 12.9 Å². The minimum absolute atomic E-state index is 0.111. The van der Waals surface area contributed by atoms with Crippen molar-refractivity contribution in [1.82, 2.24) is 10.9 Å². The summed E-state index contributed by atoms with van der Waals surface area (Å²) in [5, 5.41) is 0. The maximum absolute atomic E-state index is 11.5. The van der Waals surface area contributed by atoms with Gasteiger partial charge in [-0.15, -0.1) is 0 Å². The van der Waals surface area contributed by atoms with Gasteiger partial charge in [0.1, 0.15) is 0 Å². The maximum atomic E-state index is 11.5. The third-order valence-electron chi connectivity index (χ3n) is 2.71. The summed E-state index contributed by atoms with van der Waals surface area (Å²) in [4.78, 5) is 22.8. The van der Waals surface area contributed by atoms with Gasteiger partial charge in [0.15, 0.2) is 5.76 Å². The maximum Gasteiger partial charge on any atom is 0.426 e. The van der Waals surface area contributed by atoms with E-state index in [0.29, 0.717) is 6.42 Å². The van der Waals surface area contributed by atoms with Crippen molar-refractivity contribution >= 4 is 12.0 Å². The van der Waals surface area contributed by atoms with Gasteiger partial charge in [0.25, 0.3) is 0 Å². The lowest BCUT2D eigenvalue weighted by atomic mass is 10.1. The fourth-order valence-electron chi connectivity index (χ4n) is 1.70. The average Bonchev–Trinajstić information content (AvgIpc) is 3.05. The van der Waals surface area contributed by atoms with E-state index in [1.54, 1.807) is 6.07 Å². The Kier molecular flexibility index (Phi) is 5.40. The zero-order valence-corrected chi connectivity index (χ0v) is 11.4. The molecule has 0 unspecified atom stereocenters. The number of nitrogens with one attached hydrogen (secondary N) is 2. The number of amides is 2. The van der Waals surface area contributed by atoms with Gasteiger partial charge in [-0.1, -0.05) is 30.3 Å². The highest BCUT2D eigenvalue weighted by atomic mass is 16.6. The molecule has 6 heteroatoms. The second-order valence-electron chi connectivity index (χ2n) is 4.28. The van der Waals surface area contributed by atoms with Crippen LogP contribution in [0.5, 0.6) is 0 Å². The first kappa shape index (κ1) is 14.6. The Morgan fingerprint density at radius 1 is 1.05 bits per heavy atom. The Bertz CT molecular complexity index is 567. The number of hydrogen-bond donors (Lipinski definition) is 2. The van der Waals surface area contributed by atoms with Gasteiger partial charge in [0, 0.05) is 0 Å².